The number of hydrogen-bond donors (Lipinski definition) is 2. The van der Waals surface area contributed by atoms with E-state index in [0.717, 1.165) is 32.4 Å². The first kappa shape index (κ1) is 32.0. The van der Waals surface area contributed by atoms with Crippen LogP contribution in [0.15, 0.2) is 0 Å². The minimum Gasteiger partial charge on any atom is -0.395 e. The van der Waals surface area contributed by atoms with Crippen LogP contribution in [-0.2, 0) is 9.84 Å². The average Bonchev–Trinajstić information content (AvgIpc) is 2.67. The number of nitrogens with zero attached hydrogens (tertiary/aromatic N) is 3. The third-order valence-corrected chi connectivity index (χ3v) is 10.1. The molecule has 2 saturated heterocycles. The number of β-amino-alcohol motifs (C(OH)–C–C–N with tert-alkyl or cyclic N) is 1. The van der Waals surface area contributed by atoms with E-state index < -0.39 is 9.84 Å². The number of sulfone groups is 1. The Morgan fingerprint density at radius 3 is 2.11 bits per heavy atom. The highest BCUT2D eigenvalue weighted by atomic mass is 32.2. The van der Waals surface area contributed by atoms with E-state index in [9.17, 15) is 13.5 Å². The first-order chi connectivity index (χ1) is 16.2. The van der Waals surface area contributed by atoms with Gasteiger partial charge in [-0.2, -0.15) is 0 Å². The molecule has 7 nitrogen and oxygen atoms in total. The van der Waals surface area contributed by atoms with Gasteiger partial charge in [-0.05, 0) is 95.4 Å². The van der Waals surface area contributed by atoms with Crippen LogP contribution in [0.3, 0.4) is 0 Å². The minimum absolute atomic E-state index is 0.00306. The molecule has 0 radical (unpaired) electrons. The minimum atomic E-state index is -2.96. The molecule has 0 aromatic rings. The predicted molar refractivity (Wildman–Crippen MR) is 152 cm³/mol. The second-order valence-corrected chi connectivity index (χ2v) is 16.9. The van der Waals surface area contributed by atoms with Gasteiger partial charge in [-0.25, -0.2) is 8.42 Å². The van der Waals surface area contributed by atoms with Crippen LogP contribution >= 0.6 is 0 Å². The highest BCUT2D eigenvalue weighted by Crippen LogP contribution is 2.32. The van der Waals surface area contributed by atoms with Crippen molar-refractivity contribution in [2.24, 2.45) is 0 Å². The van der Waals surface area contributed by atoms with Crippen molar-refractivity contribution in [2.75, 3.05) is 44.3 Å². The van der Waals surface area contributed by atoms with E-state index in [1.165, 1.54) is 0 Å². The zero-order valence-corrected chi connectivity index (χ0v) is 26.1. The summed E-state index contributed by atoms with van der Waals surface area (Å²) in [6.45, 7) is 28.2. The molecular weight excluding hydrogens is 472 g/mol. The van der Waals surface area contributed by atoms with Gasteiger partial charge in [0, 0.05) is 66.5 Å². The van der Waals surface area contributed by atoms with E-state index in [-0.39, 0.29) is 46.3 Å². The van der Waals surface area contributed by atoms with Crippen LogP contribution in [0.2, 0.25) is 0 Å². The standard InChI is InChI=1S/C28H58N4O3S/c1-22(2)32(14-16-33)28(10,11)13-12-26(6,7)29-27(8,9)18-23-19-30(25(3,4)5)20-24-21-36(34,35)17-15-31(23)24/h22-24,29,33H,12-21H2,1-11H3. The molecular formula is C28H58N4O3S. The molecule has 2 N–H and O–H groups in total. The zero-order chi connectivity index (χ0) is 27.7. The molecule has 2 aliphatic rings. The Kier molecular flexibility index (Phi) is 10.2. The Hall–Kier alpha value is -0.250. The van der Waals surface area contributed by atoms with E-state index in [2.05, 4.69) is 96.2 Å². The van der Waals surface area contributed by atoms with Crippen LogP contribution in [0.5, 0.6) is 0 Å². The van der Waals surface area contributed by atoms with Gasteiger partial charge in [0.25, 0.3) is 0 Å². The monoisotopic (exact) mass is 530 g/mol. The second kappa shape index (κ2) is 11.5. The SMILES string of the molecule is CC(C)N(CCO)C(C)(C)CCC(C)(C)NC(C)(C)CC1CN(C(C)(C)C)CC2CS(=O)(=O)CCN12. The lowest BCUT2D eigenvalue weighted by Crippen LogP contribution is -2.68. The van der Waals surface area contributed by atoms with Crippen molar-refractivity contribution in [3.63, 3.8) is 0 Å². The van der Waals surface area contributed by atoms with Gasteiger partial charge in [-0.15, -0.1) is 0 Å². The highest BCUT2D eigenvalue weighted by Gasteiger charge is 2.44. The molecule has 0 bridgehead atoms. The number of aliphatic hydroxyl groups is 1. The smallest absolute Gasteiger partial charge is 0.153 e. The second-order valence-electron chi connectivity index (χ2n) is 14.7. The molecule has 0 amide bonds. The summed E-state index contributed by atoms with van der Waals surface area (Å²) < 4.78 is 24.9. The Morgan fingerprint density at radius 2 is 1.58 bits per heavy atom. The van der Waals surface area contributed by atoms with Crippen LogP contribution in [0.4, 0.5) is 0 Å². The molecule has 2 rings (SSSR count). The van der Waals surface area contributed by atoms with Gasteiger partial charge in [0.1, 0.15) is 0 Å². The number of aliphatic hydroxyl groups excluding tert-OH is 1. The molecule has 0 aromatic carbocycles. The fourth-order valence-corrected chi connectivity index (χ4v) is 8.24. The van der Waals surface area contributed by atoms with Gasteiger partial charge in [0.15, 0.2) is 9.84 Å². The summed E-state index contributed by atoms with van der Waals surface area (Å²) in [4.78, 5) is 7.39. The molecule has 2 fully saturated rings. The van der Waals surface area contributed by atoms with Crippen LogP contribution in [-0.4, -0.2) is 113 Å². The molecule has 8 heteroatoms. The Labute approximate surface area is 223 Å². The molecule has 36 heavy (non-hydrogen) atoms. The predicted octanol–water partition coefficient (Wildman–Crippen LogP) is 3.37. The zero-order valence-electron chi connectivity index (χ0n) is 25.3. The fraction of sp³-hybridized carbons (Fsp3) is 1.00. The van der Waals surface area contributed by atoms with E-state index >= 15 is 0 Å². The summed E-state index contributed by atoms with van der Waals surface area (Å²) in [5.74, 6) is 0.564. The molecule has 0 aliphatic carbocycles. The maximum atomic E-state index is 12.5. The van der Waals surface area contributed by atoms with Crippen molar-refractivity contribution < 1.29 is 13.5 Å². The van der Waals surface area contributed by atoms with E-state index in [4.69, 9.17) is 0 Å². The summed E-state index contributed by atoms with van der Waals surface area (Å²) in [5, 5.41) is 13.6. The van der Waals surface area contributed by atoms with Gasteiger partial charge in [-0.1, -0.05) is 0 Å². The van der Waals surface area contributed by atoms with Gasteiger partial charge in [0.2, 0.25) is 0 Å². The lowest BCUT2D eigenvalue weighted by Gasteiger charge is -2.54. The van der Waals surface area contributed by atoms with Gasteiger partial charge in [-0.3, -0.25) is 14.7 Å². The maximum Gasteiger partial charge on any atom is 0.153 e. The number of piperazine rings is 1. The third kappa shape index (κ3) is 8.91. The van der Waals surface area contributed by atoms with Crippen molar-refractivity contribution >= 4 is 9.84 Å². The molecule has 2 aliphatic heterocycles. The summed E-state index contributed by atoms with van der Waals surface area (Å²) >= 11 is 0. The average molecular weight is 531 g/mol. The number of fused-ring (bicyclic) bond motifs is 1. The van der Waals surface area contributed by atoms with Gasteiger partial charge < -0.3 is 10.4 Å². The summed E-state index contributed by atoms with van der Waals surface area (Å²) in [7, 11) is -2.96. The Morgan fingerprint density at radius 1 is 0.972 bits per heavy atom. The molecule has 0 saturated carbocycles. The van der Waals surface area contributed by atoms with Crippen molar-refractivity contribution in [3.8, 4) is 0 Å². The summed E-state index contributed by atoms with van der Waals surface area (Å²) in [5.41, 5.74) is -0.123. The summed E-state index contributed by atoms with van der Waals surface area (Å²) in [6.07, 6.45) is 3.04. The molecule has 2 atom stereocenters. The number of hydrogen-bond acceptors (Lipinski definition) is 7. The third-order valence-electron chi connectivity index (χ3n) is 8.38. The quantitative estimate of drug-likeness (QED) is 0.424. The largest absolute Gasteiger partial charge is 0.395 e. The molecule has 0 aromatic heterocycles. The molecule has 2 unspecified atom stereocenters. The van der Waals surface area contributed by atoms with Crippen molar-refractivity contribution in [2.45, 2.75) is 136 Å². The number of rotatable bonds is 11. The van der Waals surface area contributed by atoms with E-state index in [1.807, 2.05) is 0 Å². The topological polar surface area (TPSA) is 76.1 Å². The molecule has 214 valence electrons. The maximum absolute atomic E-state index is 12.5. The van der Waals surface area contributed by atoms with Crippen LogP contribution in [0, 0.1) is 0 Å². The Balaban J connectivity index is 2.11. The lowest BCUT2D eigenvalue weighted by molar-refractivity contribution is -0.0222. The van der Waals surface area contributed by atoms with Gasteiger partial charge in [0.05, 0.1) is 18.1 Å². The fourth-order valence-electron chi connectivity index (χ4n) is 6.70. The lowest BCUT2D eigenvalue weighted by atomic mass is 9.83. The van der Waals surface area contributed by atoms with Crippen LogP contribution in [0.25, 0.3) is 0 Å². The Bertz CT molecular complexity index is 817. The van der Waals surface area contributed by atoms with Crippen molar-refractivity contribution in [3.05, 3.63) is 0 Å². The first-order valence-electron chi connectivity index (χ1n) is 14.1. The molecule has 0 spiro atoms. The van der Waals surface area contributed by atoms with Gasteiger partial charge >= 0.3 is 0 Å². The highest BCUT2D eigenvalue weighted by molar-refractivity contribution is 7.91. The van der Waals surface area contributed by atoms with Crippen LogP contribution < -0.4 is 5.32 Å². The van der Waals surface area contributed by atoms with E-state index in [1.54, 1.807) is 0 Å². The van der Waals surface area contributed by atoms with Crippen LogP contribution in [0.1, 0.15) is 95.4 Å². The first-order valence-corrected chi connectivity index (χ1v) is 15.9. The summed E-state index contributed by atoms with van der Waals surface area (Å²) in [6, 6.07) is 0.798. The number of nitrogens with one attached hydrogen (secondary N) is 1. The van der Waals surface area contributed by atoms with E-state index in [0.29, 0.717) is 25.2 Å². The van der Waals surface area contributed by atoms with Crippen molar-refractivity contribution in [1.29, 1.82) is 0 Å². The van der Waals surface area contributed by atoms with Crippen molar-refractivity contribution in [1.82, 2.24) is 20.0 Å². The molecule has 2 heterocycles. The normalized spacial score (nSPS) is 24.9.